The highest BCUT2D eigenvalue weighted by Crippen LogP contribution is 2.27. The Morgan fingerprint density at radius 2 is 2.40 bits per heavy atom. The Labute approximate surface area is 96.5 Å². The summed E-state index contributed by atoms with van der Waals surface area (Å²) >= 11 is 3.27. The number of hydrogen-bond donors (Lipinski definition) is 1. The molecule has 0 aliphatic carbocycles. The van der Waals surface area contributed by atoms with Crippen LogP contribution in [0, 0.1) is 0 Å². The fraction of sp³-hybridized carbons (Fsp3) is 0.300. The molecule has 2 rings (SSSR count). The molecule has 0 aromatic carbocycles. The number of thiazole rings is 1. The van der Waals surface area contributed by atoms with E-state index in [1.54, 1.807) is 29.8 Å². The molecule has 1 unspecified atom stereocenters. The third-order valence-electron chi connectivity index (χ3n) is 2.07. The molecule has 0 fully saturated rings. The van der Waals surface area contributed by atoms with E-state index >= 15 is 0 Å². The van der Waals surface area contributed by atoms with Gasteiger partial charge in [0.2, 0.25) is 0 Å². The third-order valence-corrected chi connectivity index (χ3v) is 3.92. The van der Waals surface area contributed by atoms with Gasteiger partial charge in [-0.1, -0.05) is 0 Å². The maximum Gasteiger partial charge on any atom is 0.129 e. The van der Waals surface area contributed by atoms with Crippen LogP contribution in [-0.2, 0) is 6.42 Å². The molecule has 80 valence electrons. The van der Waals surface area contributed by atoms with Crippen molar-refractivity contribution in [1.29, 1.82) is 0 Å². The first-order valence-electron chi connectivity index (χ1n) is 4.56. The van der Waals surface area contributed by atoms with Gasteiger partial charge in [0.1, 0.15) is 5.75 Å². The summed E-state index contributed by atoms with van der Waals surface area (Å²) in [4.78, 5) is 5.36. The number of hydrogen-bond acceptors (Lipinski definition) is 5. The Morgan fingerprint density at radius 3 is 3.00 bits per heavy atom. The van der Waals surface area contributed by atoms with E-state index in [0.29, 0.717) is 0 Å². The smallest absolute Gasteiger partial charge is 0.129 e. The van der Waals surface area contributed by atoms with Crippen molar-refractivity contribution in [3.63, 3.8) is 0 Å². The van der Waals surface area contributed by atoms with Crippen LogP contribution >= 0.6 is 22.7 Å². The minimum atomic E-state index is 0.0186. The summed E-state index contributed by atoms with van der Waals surface area (Å²) in [5.74, 6) is 0.879. The predicted octanol–water partition coefficient (Wildman–Crippen LogP) is 2.46. The number of nitrogens with zero attached hydrogens (tertiary/aromatic N) is 1. The van der Waals surface area contributed by atoms with Gasteiger partial charge in [0.15, 0.2) is 0 Å². The maximum atomic E-state index is 6.08. The Balaban J connectivity index is 2.04. The molecule has 5 heteroatoms. The van der Waals surface area contributed by atoms with Crippen LogP contribution in [0.5, 0.6) is 5.75 Å². The summed E-state index contributed by atoms with van der Waals surface area (Å²) in [6.45, 7) is 0. The second-order valence-corrected chi connectivity index (χ2v) is 5.05. The summed E-state index contributed by atoms with van der Waals surface area (Å²) in [5.41, 5.74) is 6.08. The fourth-order valence-electron chi connectivity index (χ4n) is 1.28. The monoisotopic (exact) mass is 240 g/mol. The fourth-order valence-corrected chi connectivity index (χ4v) is 2.81. The lowest BCUT2D eigenvalue weighted by atomic mass is 10.2. The van der Waals surface area contributed by atoms with Gasteiger partial charge in [-0.15, -0.1) is 22.7 Å². The quantitative estimate of drug-likeness (QED) is 0.893. The number of ether oxygens (including phenoxy) is 1. The van der Waals surface area contributed by atoms with Crippen molar-refractivity contribution in [2.75, 3.05) is 7.11 Å². The van der Waals surface area contributed by atoms with Gasteiger partial charge in [0, 0.05) is 34.3 Å². The summed E-state index contributed by atoms with van der Waals surface area (Å²) in [7, 11) is 1.66. The molecule has 2 aromatic rings. The average molecular weight is 240 g/mol. The Bertz CT molecular complexity index is 411. The standard InChI is InChI=1S/C10H12N2OS2/c1-13-7-4-9(15-6-7)8(11)5-10-12-2-3-14-10/h2-4,6,8H,5,11H2,1H3. The maximum absolute atomic E-state index is 6.08. The van der Waals surface area contributed by atoms with Crippen molar-refractivity contribution < 1.29 is 4.74 Å². The van der Waals surface area contributed by atoms with Crippen molar-refractivity contribution in [3.05, 3.63) is 32.9 Å². The largest absolute Gasteiger partial charge is 0.496 e. The molecule has 0 spiro atoms. The van der Waals surface area contributed by atoms with E-state index in [-0.39, 0.29) is 6.04 Å². The molecule has 2 heterocycles. The molecule has 0 saturated heterocycles. The lowest BCUT2D eigenvalue weighted by molar-refractivity contribution is 0.416. The summed E-state index contributed by atoms with van der Waals surface area (Å²) in [6.07, 6.45) is 2.60. The number of rotatable bonds is 4. The zero-order valence-corrected chi connectivity index (χ0v) is 9.98. The zero-order chi connectivity index (χ0) is 10.7. The SMILES string of the molecule is COc1csc(C(N)Cc2nccs2)c1. The summed E-state index contributed by atoms with van der Waals surface area (Å²) in [6, 6.07) is 2.01. The average Bonchev–Trinajstić information content (AvgIpc) is 2.86. The van der Waals surface area contributed by atoms with E-state index in [2.05, 4.69) is 4.98 Å². The Hall–Kier alpha value is -0.910. The normalized spacial score (nSPS) is 12.7. The van der Waals surface area contributed by atoms with Crippen LogP contribution in [0.15, 0.2) is 23.0 Å². The van der Waals surface area contributed by atoms with Gasteiger partial charge in [-0.2, -0.15) is 0 Å². The number of aromatic nitrogens is 1. The highest BCUT2D eigenvalue weighted by atomic mass is 32.1. The van der Waals surface area contributed by atoms with Gasteiger partial charge in [0.05, 0.1) is 12.1 Å². The van der Waals surface area contributed by atoms with Gasteiger partial charge in [-0.3, -0.25) is 0 Å². The van der Waals surface area contributed by atoms with Gasteiger partial charge < -0.3 is 10.5 Å². The number of methoxy groups -OCH3 is 1. The van der Waals surface area contributed by atoms with Crippen molar-refractivity contribution in [2.45, 2.75) is 12.5 Å². The van der Waals surface area contributed by atoms with E-state index in [0.717, 1.165) is 22.1 Å². The van der Waals surface area contributed by atoms with Crippen LogP contribution in [-0.4, -0.2) is 12.1 Å². The molecule has 3 nitrogen and oxygen atoms in total. The topological polar surface area (TPSA) is 48.1 Å². The van der Waals surface area contributed by atoms with Gasteiger partial charge in [0.25, 0.3) is 0 Å². The van der Waals surface area contributed by atoms with Crippen LogP contribution in [0.4, 0.5) is 0 Å². The van der Waals surface area contributed by atoms with Crippen molar-refractivity contribution in [1.82, 2.24) is 4.98 Å². The molecule has 0 aliphatic rings. The van der Waals surface area contributed by atoms with E-state index < -0.39 is 0 Å². The molecule has 0 bridgehead atoms. The van der Waals surface area contributed by atoms with Crippen LogP contribution in [0.2, 0.25) is 0 Å². The Morgan fingerprint density at radius 1 is 1.53 bits per heavy atom. The van der Waals surface area contributed by atoms with E-state index in [1.165, 1.54) is 0 Å². The summed E-state index contributed by atoms with van der Waals surface area (Å²) < 4.78 is 5.12. The van der Waals surface area contributed by atoms with Gasteiger partial charge in [-0.05, 0) is 6.07 Å². The van der Waals surface area contributed by atoms with Crippen molar-refractivity contribution in [3.8, 4) is 5.75 Å². The molecule has 0 radical (unpaired) electrons. The molecule has 0 amide bonds. The number of nitrogens with two attached hydrogens (primary N) is 1. The molecule has 1 atom stereocenters. The minimum absolute atomic E-state index is 0.0186. The third kappa shape index (κ3) is 2.56. The summed E-state index contributed by atoms with van der Waals surface area (Å²) in [5, 5.41) is 5.02. The Kier molecular flexibility index (Phi) is 3.35. The van der Waals surface area contributed by atoms with Gasteiger partial charge >= 0.3 is 0 Å². The lowest BCUT2D eigenvalue weighted by Gasteiger charge is -2.06. The van der Waals surface area contributed by atoms with Crippen molar-refractivity contribution >= 4 is 22.7 Å². The lowest BCUT2D eigenvalue weighted by Crippen LogP contribution is -2.11. The predicted molar refractivity (Wildman–Crippen MR) is 63.6 cm³/mol. The van der Waals surface area contributed by atoms with E-state index in [9.17, 15) is 0 Å². The first kappa shape index (κ1) is 10.6. The van der Waals surface area contributed by atoms with Crippen LogP contribution < -0.4 is 10.5 Å². The van der Waals surface area contributed by atoms with Crippen molar-refractivity contribution in [2.24, 2.45) is 5.73 Å². The van der Waals surface area contributed by atoms with Crippen LogP contribution in [0.1, 0.15) is 15.9 Å². The second-order valence-electron chi connectivity index (χ2n) is 3.13. The minimum Gasteiger partial charge on any atom is -0.496 e. The molecule has 2 N–H and O–H groups in total. The molecule has 0 saturated carbocycles. The van der Waals surface area contributed by atoms with Gasteiger partial charge in [-0.25, -0.2) is 4.98 Å². The molecule has 2 aromatic heterocycles. The zero-order valence-electron chi connectivity index (χ0n) is 8.34. The van der Waals surface area contributed by atoms with E-state index in [1.807, 2.05) is 23.0 Å². The molecule has 0 aliphatic heterocycles. The highest BCUT2D eigenvalue weighted by molar-refractivity contribution is 7.10. The van der Waals surface area contributed by atoms with Crippen LogP contribution in [0.25, 0.3) is 0 Å². The molecule has 15 heavy (non-hydrogen) atoms. The molecular weight excluding hydrogens is 228 g/mol. The number of thiophene rings is 1. The van der Waals surface area contributed by atoms with E-state index in [4.69, 9.17) is 10.5 Å². The van der Waals surface area contributed by atoms with Crippen LogP contribution in [0.3, 0.4) is 0 Å². The first-order chi connectivity index (χ1) is 7.29. The first-order valence-corrected chi connectivity index (χ1v) is 6.32. The molecular formula is C10H12N2OS2. The highest BCUT2D eigenvalue weighted by Gasteiger charge is 2.11. The second kappa shape index (κ2) is 4.74.